The fourth-order valence-electron chi connectivity index (χ4n) is 22.1. The zero-order valence-corrected chi connectivity index (χ0v) is 46.5. The molecule has 0 spiro atoms. The van der Waals surface area contributed by atoms with E-state index in [1.807, 2.05) is 62.3 Å². The molecule has 3 saturated heterocycles. The van der Waals surface area contributed by atoms with Crippen molar-refractivity contribution in [2.24, 2.45) is 170 Å². The van der Waals surface area contributed by atoms with Gasteiger partial charge >= 0.3 is 35.8 Å². The fourth-order valence-corrected chi connectivity index (χ4v) is 22.1. The van der Waals surface area contributed by atoms with Gasteiger partial charge in [-0.3, -0.25) is 28.8 Å². The molecular weight excluding hydrogens is 953 g/mol. The van der Waals surface area contributed by atoms with Crippen LogP contribution < -0.4 is 0 Å². The number of esters is 6. The van der Waals surface area contributed by atoms with Crippen molar-refractivity contribution in [2.45, 2.75) is 152 Å². The van der Waals surface area contributed by atoms with Gasteiger partial charge in [-0.2, -0.15) is 0 Å². The van der Waals surface area contributed by atoms with Crippen molar-refractivity contribution in [3.05, 3.63) is 0 Å². The van der Waals surface area contributed by atoms with Gasteiger partial charge in [0.1, 0.15) is 18.3 Å². The highest BCUT2D eigenvalue weighted by molar-refractivity contribution is 5.79. The van der Waals surface area contributed by atoms with Crippen LogP contribution in [0.3, 0.4) is 0 Å². The number of hydrogen-bond donors (Lipinski definition) is 1. The first-order valence-electron chi connectivity index (χ1n) is 30.4. The smallest absolute Gasteiger partial charge is 0.311 e. The van der Waals surface area contributed by atoms with Crippen LogP contribution >= 0.6 is 0 Å². The number of fused-ring (bicyclic) bond motifs is 36. The van der Waals surface area contributed by atoms with Crippen LogP contribution in [0.2, 0.25) is 0 Å². The first kappa shape index (κ1) is 51.2. The Morgan fingerprint density at radius 1 is 0.453 bits per heavy atom. The summed E-state index contributed by atoms with van der Waals surface area (Å²) in [6, 6.07) is 0. The van der Waals surface area contributed by atoms with Gasteiger partial charge in [-0.15, -0.1) is 0 Å². The third-order valence-corrected chi connectivity index (χ3v) is 26.4. The van der Waals surface area contributed by atoms with Crippen molar-refractivity contribution in [2.75, 3.05) is 26.4 Å². The molecule has 12 bridgehead atoms. The summed E-state index contributed by atoms with van der Waals surface area (Å²) >= 11 is 0. The molecule has 0 aromatic carbocycles. The number of aliphatic hydroxyl groups excluding tert-OH is 1. The molecule has 12 saturated carbocycles. The Hall–Kier alpha value is -3.22. The SMILES string of the molecule is CCC(C)(C)C(=O)OC1C(C)C2CC1C1C3CC(C4COC(=O)C43)C21.CCC(C)(C)C(=O)OC1C(CO)C2CC1C1C3CC(C4COC(=O)C43)C21.CCC(C)(C)C(=O)OC1CC2CC1C1C3CC(C4C(=O)OCC34)C21. The summed E-state index contributed by atoms with van der Waals surface area (Å²) in [6.07, 6.45) is 10.4. The maximum Gasteiger partial charge on any atom is 0.311 e. The van der Waals surface area contributed by atoms with Crippen molar-refractivity contribution >= 4 is 35.8 Å². The molecule has 0 amide bonds. The second-order valence-corrected chi connectivity index (χ2v) is 29.7. The number of carbonyl (C=O) groups excluding carboxylic acids is 6. The van der Waals surface area contributed by atoms with E-state index in [1.54, 1.807) is 0 Å². The van der Waals surface area contributed by atoms with Crippen LogP contribution in [0.15, 0.2) is 0 Å². The Bertz CT molecular complexity index is 2370. The maximum absolute atomic E-state index is 12.7. The molecule has 3 aliphatic heterocycles. The first-order chi connectivity index (χ1) is 35.7. The minimum atomic E-state index is -0.490. The molecule has 0 aromatic rings. The van der Waals surface area contributed by atoms with Gasteiger partial charge in [0.15, 0.2) is 0 Å². The Labute approximate surface area is 444 Å². The number of rotatable bonds is 10. The number of hydrogen-bond acceptors (Lipinski definition) is 13. The highest BCUT2D eigenvalue weighted by Crippen LogP contribution is 2.75. The van der Waals surface area contributed by atoms with Crippen molar-refractivity contribution in [1.82, 2.24) is 0 Å². The number of ether oxygens (including phenoxy) is 6. The lowest BCUT2D eigenvalue weighted by atomic mass is 9.61. The van der Waals surface area contributed by atoms with E-state index in [2.05, 4.69) is 6.92 Å². The lowest BCUT2D eigenvalue weighted by molar-refractivity contribution is -0.172. The largest absolute Gasteiger partial charge is 0.465 e. The molecule has 0 aromatic heterocycles. The van der Waals surface area contributed by atoms with E-state index in [9.17, 15) is 33.9 Å². The van der Waals surface area contributed by atoms with Crippen molar-refractivity contribution in [3.63, 3.8) is 0 Å². The standard InChI is InChI=1S/C21H30O5.C21H30O4.C20H28O4/c1-4-21(2,3)20(24)26-18-12-6-9(13(18)7-22)15-10-5-11(16(12)15)17-14(10)8-25-19(17)23;1-5-21(3,4)20(23)25-18-9(2)10-6-13(18)16-12-7-11(15(10)16)14-8-24-19(22)17(12)14;1-4-20(2,3)19(22)24-14-6-9-5-11(14)16-10-7-12(15(9)16)17-13(10)8-23-18(17)21/h9-18,22H,4-8H2,1-3H3;9-18H,5-8H2,1-4H3;9-17H,4-8H2,1-3H3. The predicted molar refractivity (Wildman–Crippen MR) is 271 cm³/mol. The molecule has 75 heavy (non-hydrogen) atoms. The average Bonchev–Trinajstić information content (AvgIpc) is 4.37. The van der Waals surface area contributed by atoms with Gasteiger partial charge in [0.25, 0.3) is 0 Å². The van der Waals surface area contributed by atoms with E-state index in [4.69, 9.17) is 28.4 Å². The molecule has 29 atom stereocenters. The Morgan fingerprint density at radius 3 is 1.29 bits per heavy atom. The van der Waals surface area contributed by atoms with Crippen molar-refractivity contribution < 1.29 is 62.3 Å². The van der Waals surface area contributed by atoms with Gasteiger partial charge in [-0.1, -0.05) is 27.7 Å². The summed E-state index contributed by atoms with van der Waals surface area (Å²) in [5.41, 5.74) is -1.28. The minimum absolute atomic E-state index is 0.00286. The summed E-state index contributed by atoms with van der Waals surface area (Å²) in [5.74, 6) is 12.3. The molecule has 13 heteroatoms. The van der Waals surface area contributed by atoms with E-state index in [0.717, 1.165) is 44.4 Å². The third-order valence-electron chi connectivity index (χ3n) is 26.4. The molecule has 1 N–H and O–H groups in total. The summed E-state index contributed by atoms with van der Waals surface area (Å²) in [5, 5.41) is 10.1. The van der Waals surface area contributed by atoms with Crippen molar-refractivity contribution in [3.8, 4) is 0 Å². The second kappa shape index (κ2) is 17.6. The van der Waals surface area contributed by atoms with E-state index >= 15 is 0 Å². The Kier molecular flexibility index (Phi) is 12.0. The van der Waals surface area contributed by atoms with Gasteiger partial charge in [0.2, 0.25) is 0 Å². The van der Waals surface area contributed by atoms with Crippen LogP contribution in [0.4, 0.5) is 0 Å². The zero-order valence-electron chi connectivity index (χ0n) is 46.5. The Morgan fingerprint density at radius 2 is 0.827 bits per heavy atom. The van der Waals surface area contributed by atoms with Crippen LogP contribution in [0, 0.1) is 170 Å². The summed E-state index contributed by atoms with van der Waals surface area (Å²) in [6.45, 7) is 22.1. The number of carbonyl (C=O) groups is 6. The minimum Gasteiger partial charge on any atom is -0.465 e. The van der Waals surface area contributed by atoms with Crippen LogP contribution in [0.1, 0.15) is 133 Å². The number of cyclic esters (lactones) is 3. The molecule has 29 unspecified atom stereocenters. The quantitative estimate of drug-likeness (QED) is 0.125. The van der Waals surface area contributed by atoms with Gasteiger partial charge in [-0.05, 0) is 212 Å². The monoisotopic (exact) mass is 1040 g/mol. The predicted octanol–water partition coefficient (Wildman–Crippen LogP) is 8.60. The van der Waals surface area contributed by atoms with Crippen LogP contribution in [-0.2, 0) is 57.2 Å². The Balaban J connectivity index is 0.000000108. The van der Waals surface area contributed by atoms with E-state index < -0.39 is 10.8 Å². The second-order valence-electron chi connectivity index (χ2n) is 29.7. The molecule has 12 aliphatic carbocycles. The van der Waals surface area contributed by atoms with Gasteiger partial charge in [-0.25, -0.2) is 0 Å². The van der Waals surface area contributed by atoms with Crippen molar-refractivity contribution in [1.29, 1.82) is 0 Å². The first-order valence-corrected chi connectivity index (χ1v) is 30.4. The van der Waals surface area contributed by atoms with Crippen LogP contribution in [0.25, 0.3) is 0 Å². The third kappa shape index (κ3) is 7.13. The molecular formula is C62H88O13. The highest BCUT2D eigenvalue weighted by Gasteiger charge is 2.75. The highest BCUT2D eigenvalue weighted by atomic mass is 16.6. The lowest BCUT2D eigenvalue weighted by Crippen LogP contribution is -2.49. The van der Waals surface area contributed by atoms with E-state index in [0.29, 0.717) is 144 Å². The molecule has 15 fully saturated rings. The zero-order chi connectivity index (χ0) is 52.8. The van der Waals surface area contributed by atoms with E-state index in [1.165, 1.54) is 25.7 Å². The molecule has 15 aliphatic rings. The topological polar surface area (TPSA) is 178 Å². The van der Waals surface area contributed by atoms with Crippen LogP contribution in [0.5, 0.6) is 0 Å². The lowest BCUT2D eigenvalue weighted by Gasteiger charge is -2.45. The van der Waals surface area contributed by atoms with Gasteiger partial charge in [0.05, 0.1) is 53.8 Å². The molecule has 414 valence electrons. The maximum atomic E-state index is 12.7. The summed E-state index contributed by atoms with van der Waals surface area (Å²) < 4.78 is 34.3. The van der Waals surface area contributed by atoms with Gasteiger partial charge in [0, 0.05) is 36.2 Å². The number of aliphatic hydroxyl groups is 1. The van der Waals surface area contributed by atoms with E-state index in [-0.39, 0.29) is 89.8 Å². The normalized spacial score (nSPS) is 51.2. The summed E-state index contributed by atoms with van der Waals surface area (Å²) in [4.78, 5) is 74.5. The summed E-state index contributed by atoms with van der Waals surface area (Å²) in [7, 11) is 0. The molecule has 0 radical (unpaired) electrons. The fraction of sp³-hybridized carbons (Fsp3) is 0.903. The molecule has 15 rings (SSSR count). The molecule has 13 nitrogen and oxygen atoms in total. The average molecular weight is 1040 g/mol. The van der Waals surface area contributed by atoms with Crippen LogP contribution in [-0.4, -0.2) is 85.7 Å². The van der Waals surface area contributed by atoms with Gasteiger partial charge < -0.3 is 33.5 Å². The molecule has 3 heterocycles.